The van der Waals surface area contributed by atoms with Crippen molar-refractivity contribution in [3.8, 4) is 22.9 Å². The van der Waals surface area contributed by atoms with Crippen LogP contribution in [0, 0.1) is 6.92 Å². The van der Waals surface area contributed by atoms with E-state index in [0.717, 1.165) is 33.8 Å². The van der Waals surface area contributed by atoms with Gasteiger partial charge < -0.3 is 9.47 Å². The van der Waals surface area contributed by atoms with E-state index in [9.17, 15) is 0 Å². The zero-order chi connectivity index (χ0) is 19.2. The third-order valence-electron chi connectivity index (χ3n) is 4.10. The Morgan fingerprint density at radius 3 is 2.48 bits per heavy atom. The first-order valence-corrected chi connectivity index (χ1v) is 9.98. The van der Waals surface area contributed by atoms with E-state index in [-0.39, 0.29) is 6.04 Å². The van der Waals surface area contributed by atoms with Gasteiger partial charge in [-0.25, -0.2) is 0 Å². The number of aromatic nitrogens is 3. The number of nitrogens with zero attached hydrogens (tertiary/aromatic N) is 3. The Bertz CT molecular complexity index is 875. The number of rotatable bonds is 8. The van der Waals surface area contributed by atoms with Crippen LogP contribution in [0.5, 0.6) is 11.5 Å². The monoisotopic (exact) mass is 383 g/mol. The minimum atomic E-state index is 0.261. The second-order valence-electron chi connectivity index (χ2n) is 6.51. The Hall–Kier alpha value is -2.47. The molecule has 142 valence electrons. The molecule has 1 aromatic heterocycles. The largest absolute Gasteiger partial charge is 0.497 e. The molecule has 3 aromatic rings. The molecule has 0 aliphatic carbocycles. The molecule has 3 rings (SSSR count). The molecule has 6 heteroatoms. The predicted molar refractivity (Wildman–Crippen MR) is 110 cm³/mol. The average Bonchev–Trinajstić information content (AvgIpc) is 3.09. The fourth-order valence-corrected chi connectivity index (χ4v) is 3.66. The second kappa shape index (κ2) is 8.95. The topological polar surface area (TPSA) is 49.2 Å². The van der Waals surface area contributed by atoms with Gasteiger partial charge in [0.2, 0.25) is 0 Å². The molecular weight excluding hydrogens is 358 g/mol. The Balaban J connectivity index is 1.67. The first kappa shape index (κ1) is 19.3. The smallest absolute Gasteiger partial charge is 0.191 e. The van der Waals surface area contributed by atoms with Gasteiger partial charge in [0.05, 0.1) is 13.7 Å². The Kier molecular flexibility index (Phi) is 6.40. The van der Waals surface area contributed by atoms with Gasteiger partial charge in [-0.2, -0.15) is 0 Å². The Morgan fingerprint density at radius 1 is 1.04 bits per heavy atom. The highest BCUT2D eigenvalue weighted by Crippen LogP contribution is 2.28. The molecule has 0 aliphatic rings. The van der Waals surface area contributed by atoms with E-state index in [2.05, 4.69) is 41.6 Å². The summed E-state index contributed by atoms with van der Waals surface area (Å²) in [5.74, 6) is 3.41. The molecule has 27 heavy (non-hydrogen) atoms. The van der Waals surface area contributed by atoms with E-state index >= 15 is 0 Å². The van der Waals surface area contributed by atoms with Crippen LogP contribution in [0.2, 0.25) is 0 Å². The number of benzene rings is 2. The molecule has 0 saturated heterocycles. The third kappa shape index (κ3) is 4.83. The third-order valence-corrected chi connectivity index (χ3v) is 5.01. The SMILES string of the molecule is COc1ccc(-c2nnc(SCCOc3cccc(C)c3)n2C(C)C)cc1. The number of methoxy groups -OCH3 is 1. The fourth-order valence-electron chi connectivity index (χ4n) is 2.78. The van der Waals surface area contributed by atoms with Crippen LogP contribution in [0.4, 0.5) is 0 Å². The molecule has 0 atom stereocenters. The molecule has 2 aromatic carbocycles. The molecule has 0 saturated carbocycles. The maximum Gasteiger partial charge on any atom is 0.191 e. The summed E-state index contributed by atoms with van der Waals surface area (Å²) in [6, 6.07) is 16.3. The molecule has 0 spiro atoms. The van der Waals surface area contributed by atoms with Gasteiger partial charge in [-0.3, -0.25) is 4.57 Å². The van der Waals surface area contributed by atoms with E-state index in [1.54, 1.807) is 18.9 Å². The second-order valence-corrected chi connectivity index (χ2v) is 7.57. The lowest BCUT2D eigenvalue weighted by Crippen LogP contribution is -2.07. The zero-order valence-corrected chi connectivity index (χ0v) is 17.0. The quantitative estimate of drug-likeness (QED) is 0.404. The van der Waals surface area contributed by atoms with Crippen molar-refractivity contribution >= 4 is 11.8 Å². The lowest BCUT2D eigenvalue weighted by atomic mass is 10.2. The van der Waals surface area contributed by atoms with Gasteiger partial charge >= 0.3 is 0 Å². The lowest BCUT2D eigenvalue weighted by Gasteiger charge is -2.14. The number of hydrogen-bond donors (Lipinski definition) is 0. The van der Waals surface area contributed by atoms with Crippen LogP contribution in [0.15, 0.2) is 53.7 Å². The van der Waals surface area contributed by atoms with Crippen LogP contribution in [-0.2, 0) is 0 Å². The fraction of sp³-hybridized carbons (Fsp3) is 0.333. The van der Waals surface area contributed by atoms with Gasteiger partial charge in [0.1, 0.15) is 11.5 Å². The maximum atomic E-state index is 5.83. The van der Waals surface area contributed by atoms with Crippen LogP contribution in [0.25, 0.3) is 11.4 Å². The highest BCUT2D eigenvalue weighted by atomic mass is 32.2. The van der Waals surface area contributed by atoms with Crippen molar-refractivity contribution in [3.05, 3.63) is 54.1 Å². The molecule has 0 radical (unpaired) electrons. The molecule has 0 aliphatic heterocycles. The Morgan fingerprint density at radius 2 is 1.81 bits per heavy atom. The van der Waals surface area contributed by atoms with Crippen molar-refractivity contribution in [1.29, 1.82) is 0 Å². The van der Waals surface area contributed by atoms with Crippen molar-refractivity contribution in [2.45, 2.75) is 32.0 Å². The van der Waals surface area contributed by atoms with Crippen molar-refractivity contribution in [1.82, 2.24) is 14.8 Å². The zero-order valence-electron chi connectivity index (χ0n) is 16.2. The summed E-state index contributed by atoms with van der Waals surface area (Å²) in [6.45, 7) is 6.97. The van der Waals surface area contributed by atoms with Crippen LogP contribution in [-0.4, -0.2) is 34.2 Å². The number of aryl methyl sites for hydroxylation is 1. The van der Waals surface area contributed by atoms with Gasteiger partial charge in [0, 0.05) is 17.4 Å². The summed E-state index contributed by atoms with van der Waals surface area (Å²) in [6.07, 6.45) is 0. The van der Waals surface area contributed by atoms with Crippen molar-refractivity contribution < 1.29 is 9.47 Å². The van der Waals surface area contributed by atoms with Crippen LogP contribution in [0.3, 0.4) is 0 Å². The van der Waals surface area contributed by atoms with Gasteiger partial charge in [-0.05, 0) is 62.7 Å². The van der Waals surface area contributed by atoms with E-state index in [4.69, 9.17) is 9.47 Å². The lowest BCUT2D eigenvalue weighted by molar-refractivity contribution is 0.343. The van der Waals surface area contributed by atoms with E-state index in [1.807, 2.05) is 42.5 Å². The summed E-state index contributed by atoms with van der Waals surface area (Å²) in [4.78, 5) is 0. The van der Waals surface area contributed by atoms with Crippen LogP contribution in [0.1, 0.15) is 25.5 Å². The van der Waals surface area contributed by atoms with Crippen molar-refractivity contribution in [2.24, 2.45) is 0 Å². The number of thioether (sulfide) groups is 1. The highest BCUT2D eigenvalue weighted by molar-refractivity contribution is 7.99. The van der Waals surface area contributed by atoms with Crippen LogP contribution >= 0.6 is 11.8 Å². The van der Waals surface area contributed by atoms with Gasteiger partial charge in [-0.15, -0.1) is 10.2 Å². The standard InChI is InChI=1S/C21H25N3O2S/c1-15(2)24-20(17-8-10-18(25-4)11-9-17)22-23-21(24)27-13-12-26-19-7-5-6-16(3)14-19/h5-11,14-15H,12-13H2,1-4H3. The highest BCUT2D eigenvalue weighted by Gasteiger charge is 2.16. The minimum Gasteiger partial charge on any atom is -0.497 e. The first-order valence-electron chi connectivity index (χ1n) is 9.00. The van der Waals surface area contributed by atoms with Gasteiger partial charge in [0.25, 0.3) is 0 Å². The molecule has 0 bridgehead atoms. The summed E-state index contributed by atoms with van der Waals surface area (Å²) in [5.41, 5.74) is 2.23. The molecular formula is C21H25N3O2S. The normalized spacial score (nSPS) is 11.0. The Labute approximate surface area is 164 Å². The predicted octanol–water partition coefficient (Wildman–Crippen LogP) is 5.01. The van der Waals surface area contributed by atoms with Crippen molar-refractivity contribution in [2.75, 3.05) is 19.5 Å². The summed E-state index contributed by atoms with van der Waals surface area (Å²) >= 11 is 1.66. The van der Waals surface area contributed by atoms with Crippen LogP contribution < -0.4 is 9.47 Å². The molecule has 1 heterocycles. The van der Waals surface area contributed by atoms with E-state index in [1.165, 1.54) is 5.56 Å². The van der Waals surface area contributed by atoms with Gasteiger partial charge in [-0.1, -0.05) is 23.9 Å². The van der Waals surface area contributed by atoms with E-state index in [0.29, 0.717) is 6.61 Å². The molecule has 0 amide bonds. The average molecular weight is 384 g/mol. The minimum absolute atomic E-state index is 0.261. The molecule has 5 nitrogen and oxygen atoms in total. The van der Waals surface area contributed by atoms with E-state index < -0.39 is 0 Å². The maximum absolute atomic E-state index is 5.83. The summed E-state index contributed by atoms with van der Waals surface area (Å²) in [7, 11) is 1.67. The molecule has 0 N–H and O–H groups in total. The van der Waals surface area contributed by atoms with Crippen molar-refractivity contribution in [3.63, 3.8) is 0 Å². The van der Waals surface area contributed by atoms with Gasteiger partial charge in [0.15, 0.2) is 11.0 Å². The number of hydrogen-bond acceptors (Lipinski definition) is 5. The summed E-state index contributed by atoms with van der Waals surface area (Å²) < 4.78 is 13.2. The first-order chi connectivity index (χ1) is 13.1. The summed E-state index contributed by atoms with van der Waals surface area (Å²) in [5, 5.41) is 9.73. The molecule has 0 unspecified atom stereocenters. The molecule has 0 fully saturated rings. The number of ether oxygens (including phenoxy) is 2.